The quantitative estimate of drug-likeness (QED) is 0.666. The minimum atomic E-state index is -0.844. The van der Waals surface area contributed by atoms with Crippen molar-refractivity contribution < 1.29 is 14.1 Å². The second-order valence-corrected chi connectivity index (χ2v) is 4.81. The zero-order chi connectivity index (χ0) is 15.6. The second-order valence-electron chi connectivity index (χ2n) is 4.02. The Balaban J connectivity index is 2.41. The van der Waals surface area contributed by atoms with Gasteiger partial charge in [-0.3, -0.25) is 10.1 Å². The Labute approximate surface area is 127 Å². The Bertz CT molecular complexity index is 711. The van der Waals surface area contributed by atoms with Gasteiger partial charge in [-0.15, -0.1) is 0 Å². The van der Waals surface area contributed by atoms with Gasteiger partial charge in [0, 0.05) is 12.6 Å². The molecule has 110 valence electrons. The van der Waals surface area contributed by atoms with Crippen LogP contribution in [0.15, 0.2) is 22.9 Å². The molecule has 0 spiro atoms. The Morgan fingerprint density at radius 2 is 2.14 bits per heavy atom. The molecule has 1 N–H and O–H groups in total. The Kier molecular flexibility index (Phi) is 4.32. The van der Waals surface area contributed by atoms with Crippen molar-refractivity contribution in [1.82, 2.24) is 9.97 Å². The lowest BCUT2D eigenvalue weighted by Crippen LogP contribution is -2.00. The topological polar surface area (TPSA) is 90.2 Å². The first-order chi connectivity index (χ1) is 9.93. The first kappa shape index (κ1) is 15.1. The Morgan fingerprint density at radius 3 is 2.76 bits per heavy atom. The number of nitrogens with zero attached hydrogens (tertiary/aromatic N) is 3. The third-order valence-electron chi connectivity index (χ3n) is 2.65. The highest BCUT2D eigenvalue weighted by Crippen LogP contribution is 2.34. The maximum absolute atomic E-state index is 13.9. The van der Waals surface area contributed by atoms with Crippen LogP contribution in [0.2, 0.25) is 0 Å². The maximum atomic E-state index is 13.9. The van der Waals surface area contributed by atoms with E-state index in [-0.39, 0.29) is 22.9 Å². The van der Waals surface area contributed by atoms with Crippen molar-refractivity contribution in [2.75, 3.05) is 12.4 Å². The van der Waals surface area contributed by atoms with Crippen LogP contribution >= 0.6 is 15.9 Å². The number of nitro groups is 1. The van der Waals surface area contributed by atoms with Gasteiger partial charge in [-0.1, -0.05) is 0 Å². The normalized spacial score (nSPS) is 10.3. The third-order valence-corrected chi connectivity index (χ3v) is 3.36. The molecule has 2 aromatic rings. The Hall–Kier alpha value is -2.29. The molecule has 0 aliphatic heterocycles. The minimum Gasteiger partial charge on any atom is -0.435 e. The van der Waals surface area contributed by atoms with E-state index in [2.05, 4.69) is 31.2 Å². The number of hydrogen-bond donors (Lipinski definition) is 1. The van der Waals surface area contributed by atoms with Gasteiger partial charge in [-0.05, 0) is 28.9 Å². The number of rotatable bonds is 4. The zero-order valence-corrected chi connectivity index (χ0v) is 12.6. The van der Waals surface area contributed by atoms with Crippen molar-refractivity contribution >= 4 is 27.4 Å². The van der Waals surface area contributed by atoms with E-state index < -0.39 is 10.7 Å². The molecule has 0 unspecified atom stereocenters. The molecule has 0 amide bonds. The van der Waals surface area contributed by atoms with Crippen molar-refractivity contribution in [3.8, 4) is 11.6 Å². The van der Waals surface area contributed by atoms with Crippen LogP contribution in [0.25, 0.3) is 0 Å². The number of anilines is 1. The van der Waals surface area contributed by atoms with Crippen molar-refractivity contribution in [3.63, 3.8) is 0 Å². The molecule has 0 aliphatic carbocycles. The predicted molar refractivity (Wildman–Crippen MR) is 77.1 cm³/mol. The molecule has 21 heavy (non-hydrogen) atoms. The van der Waals surface area contributed by atoms with Crippen LogP contribution in [0.3, 0.4) is 0 Å². The van der Waals surface area contributed by atoms with Crippen LogP contribution in [0, 0.1) is 22.9 Å². The van der Waals surface area contributed by atoms with Crippen LogP contribution in [0.1, 0.15) is 5.56 Å². The summed E-state index contributed by atoms with van der Waals surface area (Å²) in [7, 11) is 1.66. The van der Waals surface area contributed by atoms with E-state index in [1.165, 1.54) is 19.3 Å². The van der Waals surface area contributed by atoms with Gasteiger partial charge in [-0.2, -0.15) is 0 Å². The van der Waals surface area contributed by atoms with E-state index in [9.17, 15) is 14.5 Å². The number of aryl methyl sites for hydroxylation is 1. The molecule has 1 aromatic carbocycles. The second kappa shape index (κ2) is 6.00. The summed E-state index contributed by atoms with van der Waals surface area (Å²) in [4.78, 5) is 17.9. The summed E-state index contributed by atoms with van der Waals surface area (Å²) >= 11 is 3.24. The minimum absolute atomic E-state index is 0.0986. The predicted octanol–water partition coefficient (Wildman–Crippen LogP) is 3.43. The molecule has 0 aliphatic rings. The lowest BCUT2D eigenvalue weighted by atomic mass is 10.2. The van der Waals surface area contributed by atoms with E-state index in [1.807, 2.05) is 0 Å². The van der Waals surface area contributed by atoms with Crippen LogP contribution in [0.5, 0.6) is 11.6 Å². The summed E-state index contributed by atoms with van der Waals surface area (Å²) < 4.78 is 19.7. The molecule has 0 saturated carbocycles. The van der Waals surface area contributed by atoms with Gasteiger partial charge < -0.3 is 10.1 Å². The van der Waals surface area contributed by atoms with Crippen molar-refractivity contribution in [3.05, 3.63) is 44.4 Å². The van der Waals surface area contributed by atoms with Gasteiger partial charge >= 0.3 is 0 Å². The fraction of sp³-hybridized carbons (Fsp3) is 0.167. The van der Waals surface area contributed by atoms with Crippen LogP contribution in [-0.2, 0) is 0 Å². The molecule has 1 aromatic heterocycles. The number of nitro benzene ring substituents is 1. The summed E-state index contributed by atoms with van der Waals surface area (Å²) in [6.45, 7) is 1.50. The van der Waals surface area contributed by atoms with Gasteiger partial charge in [-0.25, -0.2) is 14.4 Å². The van der Waals surface area contributed by atoms with E-state index in [0.717, 1.165) is 6.07 Å². The molecule has 1 heterocycles. The first-order valence-corrected chi connectivity index (χ1v) is 6.54. The molecule has 0 fully saturated rings. The van der Waals surface area contributed by atoms with E-state index in [0.29, 0.717) is 10.3 Å². The fourth-order valence-corrected chi connectivity index (χ4v) is 2.11. The van der Waals surface area contributed by atoms with Gasteiger partial charge in [0.25, 0.3) is 5.69 Å². The maximum Gasteiger partial charge on any atom is 0.275 e. The monoisotopic (exact) mass is 356 g/mol. The van der Waals surface area contributed by atoms with E-state index in [1.54, 1.807) is 7.05 Å². The summed E-state index contributed by atoms with van der Waals surface area (Å²) in [6.07, 6.45) is 1.25. The molecule has 2 rings (SSSR count). The van der Waals surface area contributed by atoms with Gasteiger partial charge in [0.2, 0.25) is 5.88 Å². The number of benzene rings is 1. The Morgan fingerprint density at radius 1 is 1.43 bits per heavy atom. The number of aromatic nitrogens is 2. The fourth-order valence-electron chi connectivity index (χ4n) is 1.62. The SMILES string of the molecule is CNc1ncnc(Oc2cc(C)c([N+](=O)[O-])cc2F)c1Br. The third kappa shape index (κ3) is 3.07. The summed E-state index contributed by atoms with van der Waals surface area (Å²) in [5.41, 5.74) is -0.0204. The van der Waals surface area contributed by atoms with Crippen LogP contribution in [0.4, 0.5) is 15.9 Å². The molecule has 0 saturated heterocycles. The van der Waals surface area contributed by atoms with Crippen molar-refractivity contribution in [1.29, 1.82) is 0 Å². The highest BCUT2D eigenvalue weighted by atomic mass is 79.9. The highest BCUT2D eigenvalue weighted by molar-refractivity contribution is 9.10. The summed E-state index contributed by atoms with van der Waals surface area (Å²) in [5, 5.41) is 13.6. The molecule has 9 heteroatoms. The number of nitrogens with one attached hydrogen (secondary N) is 1. The molecule has 0 bridgehead atoms. The molecular formula is C12H10BrFN4O3. The number of hydrogen-bond acceptors (Lipinski definition) is 6. The average Bonchev–Trinajstić information content (AvgIpc) is 2.44. The number of ether oxygens (including phenoxy) is 1. The molecule has 0 radical (unpaired) electrons. The smallest absolute Gasteiger partial charge is 0.275 e. The van der Waals surface area contributed by atoms with Crippen molar-refractivity contribution in [2.45, 2.75) is 6.92 Å². The van der Waals surface area contributed by atoms with Gasteiger partial charge in [0.15, 0.2) is 11.6 Å². The average molecular weight is 357 g/mol. The lowest BCUT2D eigenvalue weighted by Gasteiger charge is -2.10. The lowest BCUT2D eigenvalue weighted by molar-refractivity contribution is -0.385. The van der Waals surface area contributed by atoms with Crippen LogP contribution < -0.4 is 10.1 Å². The zero-order valence-electron chi connectivity index (χ0n) is 11.1. The van der Waals surface area contributed by atoms with Gasteiger partial charge in [0.1, 0.15) is 16.6 Å². The molecule has 0 atom stereocenters. The molecular weight excluding hydrogens is 347 g/mol. The summed E-state index contributed by atoms with van der Waals surface area (Å²) in [6, 6.07) is 2.07. The number of halogens is 2. The van der Waals surface area contributed by atoms with Crippen LogP contribution in [-0.4, -0.2) is 21.9 Å². The van der Waals surface area contributed by atoms with E-state index in [4.69, 9.17) is 4.74 Å². The van der Waals surface area contributed by atoms with Gasteiger partial charge in [0.05, 0.1) is 11.0 Å². The standard InChI is InChI=1S/C12H10BrFN4O3/c1-6-3-9(7(14)4-8(6)18(19)20)21-12-10(13)11(15-2)16-5-17-12/h3-5H,1-2H3,(H,15,16,17). The summed E-state index contributed by atoms with van der Waals surface area (Å²) in [5.74, 6) is -0.427. The largest absolute Gasteiger partial charge is 0.435 e. The van der Waals surface area contributed by atoms with Crippen molar-refractivity contribution in [2.24, 2.45) is 0 Å². The van der Waals surface area contributed by atoms with E-state index >= 15 is 0 Å². The first-order valence-electron chi connectivity index (χ1n) is 5.74. The molecule has 7 nitrogen and oxygen atoms in total. The highest BCUT2D eigenvalue weighted by Gasteiger charge is 2.18.